The van der Waals surface area contributed by atoms with E-state index in [4.69, 9.17) is 16.2 Å². The van der Waals surface area contributed by atoms with Crippen LogP contribution in [0.15, 0.2) is 0 Å². The lowest BCUT2D eigenvalue weighted by atomic mass is 10.1. The van der Waals surface area contributed by atoms with Crippen LogP contribution in [0.5, 0.6) is 5.75 Å². The van der Waals surface area contributed by atoms with E-state index in [-0.39, 0.29) is 4.75 Å². The van der Waals surface area contributed by atoms with Crippen molar-refractivity contribution in [3.05, 3.63) is 4.88 Å². The summed E-state index contributed by atoms with van der Waals surface area (Å²) in [5.41, 5.74) is 11.7. The lowest BCUT2D eigenvalue weighted by Gasteiger charge is -2.23. The highest BCUT2D eigenvalue weighted by Gasteiger charge is 2.28. The molecule has 0 aliphatic carbocycles. The summed E-state index contributed by atoms with van der Waals surface area (Å²) in [7, 11) is 1.57. The summed E-state index contributed by atoms with van der Waals surface area (Å²) in [5.74, 6) is 1.12. The van der Waals surface area contributed by atoms with E-state index in [2.05, 4.69) is 18.7 Å². The van der Waals surface area contributed by atoms with Crippen LogP contribution in [-0.4, -0.2) is 36.6 Å². The molecule has 0 aromatic carbocycles. The zero-order chi connectivity index (χ0) is 14.9. The summed E-state index contributed by atoms with van der Waals surface area (Å²) in [5, 5.41) is 0.914. The second kappa shape index (κ2) is 5.73. The van der Waals surface area contributed by atoms with Crippen molar-refractivity contribution in [1.29, 1.82) is 0 Å². The van der Waals surface area contributed by atoms with E-state index in [0.717, 1.165) is 30.3 Å². The van der Waals surface area contributed by atoms with Crippen LogP contribution in [-0.2, 0) is 0 Å². The van der Waals surface area contributed by atoms with Crippen molar-refractivity contribution >= 4 is 39.7 Å². The van der Waals surface area contributed by atoms with Gasteiger partial charge in [-0.25, -0.2) is 0 Å². The Morgan fingerprint density at radius 3 is 2.70 bits per heavy atom. The number of anilines is 2. The number of nitrogen functional groups attached to an aromatic ring is 1. The first kappa shape index (κ1) is 15.3. The minimum absolute atomic E-state index is 0.275. The number of thioether (sulfide) groups is 1. The quantitative estimate of drug-likeness (QED) is 0.893. The first-order valence-corrected chi connectivity index (χ1v) is 8.31. The van der Waals surface area contributed by atoms with E-state index in [0.29, 0.717) is 16.3 Å². The van der Waals surface area contributed by atoms with Gasteiger partial charge in [0.15, 0.2) is 5.75 Å². The van der Waals surface area contributed by atoms with E-state index in [9.17, 15) is 4.79 Å². The lowest BCUT2D eigenvalue weighted by Crippen LogP contribution is -2.26. The molecule has 4 N–H and O–H groups in total. The van der Waals surface area contributed by atoms with Gasteiger partial charge in [-0.05, 0) is 6.42 Å². The van der Waals surface area contributed by atoms with E-state index in [1.807, 2.05) is 11.8 Å². The average Bonchev–Trinajstić information content (AvgIpc) is 2.59. The van der Waals surface area contributed by atoms with Gasteiger partial charge in [-0.3, -0.25) is 4.79 Å². The fourth-order valence-electron chi connectivity index (χ4n) is 2.23. The van der Waals surface area contributed by atoms with Gasteiger partial charge in [0.25, 0.3) is 5.91 Å². The Morgan fingerprint density at radius 1 is 1.40 bits per heavy atom. The van der Waals surface area contributed by atoms with Crippen LogP contribution in [0.4, 0.5) is 10.7 Å². The number of hydrogen-bond acceptors (Lipinski definition) is 6. The molecule has 0 bridgehead atoms. The third-order valence-corrected chi connectivity index (χ3v) is 6.07. The van der Waals surface area contributed by atoms with Crippen LogP contribution in [0, 0.1) is 0 Å². The molecule has 1 aliphatic heterocycles. The van der Waals surface area contributed by atoms with Crippen molar-refractivity contribution in [2.45, 2.75) is 25.0 Å². The van der Waals surface area contributed by atoms with Gasteiger partial charge in [0.1, 0.15) is 15.6 Å². The highest BCUT2D eigenvalue weighted by molar-refractivity contribution is 8.00. The number of amides is 1. The molecule has 5 nitrogen and oxygen atoms in total. The predicted octanol–water partition coefficient (Wildman–Crippen LogP) is 2.16. The van der Waals surface area contributed by atoms with Crippen molar-refractivity contribution < 1.29 is 9.53 Å². The van der Waals surface area contributed by atoms with Crippen LogP contribution >= 0.6 is 23.1 Å². The zero-order valence-corrected chi connectivity index (χ0v) is 13.7. The van der Waals surface area contributed by atoms with Gasteiger partial charge >= 0.3 is 0 Å². The van der Waals surface area contributed by atoms with Crippen molar-refractivity contribution in [1.82, 2.24) is 0 Å². The Bertz CT molecular complexity index is 514. The van der Waals surface area contributed by atoms with Crippen LogP contribution in [0.3, 0.4) is 0 Å². The number of thiophene rings is 1. The van der Waals surface area contributed by atoms with Gasteiger partial charge in [0, 0.05) is 23.6 Å². The molecule has 1 fully saturated rings. The zero-order valence-electron chi connectivity index (χ0n) is 12.1. The first-order valence-electron chi connectivity index (χ1n) is 6.50. The van der Waals surface area contributed by atoms with Gasteiger partial charge in [-0.1, -0.05) is 13.8 Å². The molecular formula is C13H21N3O2S2. The highest BCUT2D eigenvalue weighted by Crippen LogP contribution is 2.45. The third-order valence-electron chi connectivity index (χ3n) is 3.44. The lowest BCUT2D eigenvalue weighted by molar-refractivity contribution is 0.100. The molecule has 1 aromatic rings. The Balaban J connectivity index is 2.32. The number of carbonyl (C=O) groups is 1. The van der Waals surface area contributed by atoms with Crippen LogP contribution in [0.2, 0.25) is 0 Å². The number of primary amides is 1. The SMILES string of the molecule is COc1c(N2CCSC(C)(C)CC2)sc(C(N)=O)c1N. The van der Waals surface area contributed by atoms with Gasteiger partial charge < -0.3 is 21.1 Å². The van der Waals surface area contributed by atoms with E-state index < -0.39 is 5.91 Å². The number of rotatable bonds is 3. The van der Waals surface area contributed by atoms with Crippen molar-refractivity contribution in [3.63, 3.8) is 0 Å². The molecule has 7 heteroatoms. The topological polar surface area (TPSA) is 81.6 Å². The summed E-state index contributed by atoms with van der Waals surface area (Å²) < 4.78 is 5.66. The molecule has 0 atom stereocenters. The molecule has 20 heavy (non-hydrogen) atoms. The van der Waals surface area contributed by atoms with E-state index in [1.54, 1.807) is 7.11 Å². The van der Waals surface area contributed by atoms with Gasteiger partial charge in [-0.15, -0.1) is 11.3 Å². The fourth-order valence-corrected chi connectivity index (χ4v) is 4.42. The number of nitrogens with zero attached hydrogens (tertiary/aromatic N) is 1. The normalized spacial score (nSPS) is 18.6. The summed E-state index contributed by atoms with van der Waals surface area (Å²) in [6.45, 7) is 6.36. The molecule has 1 saturated heterocycles. The number of carbonyl (C=O) groups excluding carboxylic acids is 1. The molecule has 2 rings (SSSR count). The predicted molar refractivity (Wildman–Crippen MR) is 87.2 cm³/mol. The van der Waals surface area contributed by atoms with Crippen molar-refractivity contribution in [3.8, 4) is 5.75 Å². The smallest absolute Gasteiger partial charge is 0.261 e. The van der Waals surface area contributed by atoms with Crippen molar-refractivity contribution in [2.24, 2.45) is 5.73 Å². The Kier molecular flexibility index (Phi) is 4.39. The second-order valence-corrected chi connectivity index (χ2v) is 8.19. The summed E-state index contributed by atoms with van der Waals surface area (Å²) in [6.07, 6.45) is 1.07. The monoisotopic (exact) mass is 315 g/mol. The van der Waals surface area contributed by atoms with Gasteiger partial charge in [0.2, 0.25) is 0 Å². The van der Waals surface area contributed by atoms with E-state index >= 15 is 0 Å². The highest BCUT2D eigenvalue weighted by atomic mass is 32.2. The maximum atomic E-state index is 11.4. The Labute approximate surface area is 127 Å². The summed E-state index contributed by atoms with van der Waals surface area (Å²) in [4.78, 5) is 14.1. The molecule has 1 aromatic heterocycles. The van der Waals surface area contributed by atoms with Gasteiger partial charge in [-0.2, -0.15) is 11.8 Å². The van der Waals surface area contributed by atoms with Gasteiger partial charge in [0.05, 0.1) is 7.11 Å². The molecule has 0 saturated carbocycles. The number of nitrogens with two attached hydrogens (primary N) is 2. The molecule has 1 amide bonds. The molecule has 0 spiro atoms. The third kappa shape index (κ3) is 2.98. The molecular weight excluding hydrogens is 294 g/mol. The minimum Gasteiger partial charge on any atom is -0.492 e. The average molecular weight is 315 g/mol. The molecule has 0 radical (unpaired) electrons. The molecule has 1 aliphatic rings. The Morgan fingerprint density at radius 2 is 2.10 bits per heavy atom. The summed E-state index contributed by atoms with van der Waals surface area (Å²) in [6, 6.07) is 0. The largest absolute Gasteiger partial charge is 0.492 e. The molecule has 0 unspecified atom stereocenters. The minimum atomic E-state index is -0.499. The van der Waals surface area contributed by atoms with Crippen LogP contribution in [0.1, 0.15) is 29.9 Å². The molecule has 112 valence electrons. The molecule has 2 heterocycles. The van der Waals surface area contributed by atoms with Crippen LogP contribution < -0.4 is 21.1 Å². The number of hydrogen-bond donors (Lipinski definition) is 2. The van der Waals surface area contributed by atoms with E-state index in [1.165, 1.54) is 11.3 Å². The maximum Gasteiger partial charge on any atom is 0.261 e. The van der Waals surface area contributed by atoms with Crippen molar-refractivity contribution in [2.75, 3.05) is 36.6 Å². The maximum absolute atomic E-state index is 11.4. The fraction of sp³-hybridized carbons (Fsp3) is 0.615. The second-order valence-electron chi connectivity index (χ2n) is 5.39. The van der Waals surface area contributed by atoms with Crippen LogP contribution in [0.25, 0.3) is 0 Å². The summed E-state index contributed by atoms with van der Waals surface area (Å²) >= 11 is 3.30. The Hall–Kier alpha value is -1.08. The standard InChI is InChI=1S/C13H21N3O2S2/c1-13(2)4-5-16(6-7-19-13)12-9(18-3)8(14)10(20-12)11(15)17/h4-7,14H2,1-3H3,(H2,15,17). The first-order chi connectivity index (χ1) is 9.35. The number of ether oxygens (including phenoxy) is 1. The number of methoxy groups -OCH3 is 1.